The number of carbonyl (C=O) groups excluding carboxylic acids is 1. The number of nitriles is 1. The largest absolute Gasteiger partial charge is 0.325 e. The molecule has 1 aromatic carbocycles. The standard InChI is InChI=1S/C14H19N3O/c1-13(2,14(3,4)16)12(18)17-11-8-6-5-7-10(11)9-15/h5-8H,16H2,1-4H3,(H,17,18). The highest BCUT2D eigenvalue weighted by atomic mass is 16.2. The summed E-state index contributed by atoms with van der Waals surface area (Å²) >= 11 is 0. The molecule has 1 rings (SSSR count). The number of hydrogen-bond acceptors (Lipinski definition) is 3. The van der Waals surface area contributed by atoms with Gasteiger partial charge in [-0.1, -0.05) is 12.1 Å². The van der Waals surface area contributed by atoms with Crippen LogP contribution in [-0.2, 0) is 4.79 Å². The van der Waals surface area contributed by atoms with Crippen LogP contribution in [0.4, 0.5) is 5.69 Å². The molecule has 0 atom stereocenters. The van der Waals surface area contributed by atoms with Gasteiger partial charge in [0.25, 0.3) is 0 Å². The van der Waals surface area contributed by atoms with Crippen molar-refractivity contribution >= 4 is 11.6 Å². The first kappa shape index (κ1) is 14.2. The monoisotopic (exact) mass is 245 g/mol. The van der Waals surface area contributed by atoms with E-state index in [1.165, 1.54) is 0 Å². The van der Waals surface area contributed by atoms with Crippen LogP contribution in [0.25, 0.3) is 0 Å². The Morgan fingerprint density at radius 2 is 1.83 bits per heavy atom. The normalized spacial score (nSPS) is 11.8. The molecule has 0 aliphatic heterocycles. The lowest BCUT2D eigenvalue weighted by atomic mass is 9.74. The van der Waals surface area contributed by atoms with Gasteiger partial charge in [-0.15, -0.1) is 0 Å². The molecule has 0 heterocycles. The third-order valence-electron chi connectivity index (χ3n) is 3.47. The molecular weight excluding hydrogens is 226 g/mol. The first-order chi connectivity index (χ1) is 8.20. The van der Waals surface area contributed by atoms with E-state index < -0.39 is 11.0 Å². The minimum absolute atomic E-state index is 0.197. The lowest BCUT2D eigenvalue weighted by molar-refractivity contribution is -0.126. The van der Waals surface area contributed by atoms with Gasteiger partial charge in [0.1, 0.15) is 6.07 Å². The van der Waals surface area contributed by atoms with Gasteiger partial charge in [-0.05, 0) is 39.8 Å². The second kappa shape index (κ2) is 4.79. The molecule has 0 bridgehead atoms. The summed E-state index contributed by atoms with van der Waals surface area (Å²) in [6, 6.07) is 8.94. The van der Waals surface area contributed by atoms with E-state index in [1.54, 1.807) is 38.1 Å². The number of amides is 1. The Morgan fingerprint density at radius 1 is 1.28 bits per heavy atom. The Labute approximate surface area is 108 Å². The summed E-state index contributed by atoms with van der Waals surface area (Å²) in [6.45, 7) is 7.19. The molecule has 0 aromatic heterocycles. The average molecular weight is 245 g/mol. The fraction of sp³-hybridized carbons (Fsp3) is 0.429. The first-order valence-electron chi connectivity index (χ1n) is 5.79. The second-order valence-electron chi connectivity index (χ2n) is 5.46. The smallest absolute Gasteiger partial charge is 0.231 e. The minimum atomic E-state index is -0.741. The molecule has 0 aliphatic carbocycles. The number of nitrogens with one attached hydrogen (secondary N) is 1. The fourth-order valence-electron chi connectivity index (χ4n) is 1.26. The minimum Gasteiger partial charge on any atom is -0.325 e. The van der Waals surface area contributed by atoms with Crippen molar-refractivity contribution in [1.82, 2.24) is 0 Å². The Kier molecular flexibility index (Phi) is 3.78. The molecular formula is C14H19N3O. The van der Waals surface area contributed by atoms with Crippen LogP contribution in [0, 0.1) is 16.7 Å². The van der Waals surface area contributed by atoms with Crippen molar-refractivity contribution in [3.05, 3.63) is 29.8 Å². The highest BCUT2D eigenvalue weighted by molar-refractivity contribution is 5.96. The zero-order valence-electron chi connectivity index (χ0n) is 11.2. The third-order valence-corrected chi connectivity index (χ3v) is 3.47. The summed E-state index contributed by atoms with van der Waals surface area (Å²) in [6.07, 6.45) is 0. The van der Waals surface area contributed by atoms with Crippen molar-refractivity contribution in [3.8, 4) is 6.07 Å². The van der Waals surface area contributed by atoms with Crippen molar-refractivity contribution in [1.29, 1.82) is 5.26 Å². The number of nitrogens with two attached hydrogens (primary N) is 1. The van der Waals surface area contributed by atoms with Crippen LogP contribution in [0.15, 0.2) is 24.3 Å². The average Bonchev–Trinajstić information content (AvgIpc) is 2.28. The maximum Gasteiger partial charge on any atom is 0.231 e. The summed E-state index contributed by atoms with van der Waals surface area (Å²) in [5.74, 6) is -0.197. The van der Waals surface area contributed by atoms with Gasteiger partial charge in [0, 0.05) is 5.54 Å². The number of carbonyl (C=O) groups is 1. The van der Waals surface area contributed by atoms with Crippen molar-refractivity contribution in [2.75, 3.05) is 5.32 Å². The Morgan fingerprint density at radius 3 is 2.33 bits per heavy atom. The van der Waals surface area contributed by atoms with E-state index in [1.807, 2.05) is 19.9 Å². The van der Waals surface area contributed by atoms with Gasteiger partial charge in [-0.3, -0.25) is 4.79 Å². The number of anilines is 1. The number of para-hydroxylation sites is 1. The van der Waals surface area contributed by atoms with E-state index in [4.69, 9.17) is 11.0 Å². The predicted molar refractivity (Wildman–Crippen MR) is 71.8 cm³/mol. The predicted octanol–water partition coefficient (Wildman–Crippen LogP) is 2.26. The summed E-state index contributed by atoms with van der Waals surface area (Å²) in [4.78, 5) is 12.2. The summed E-state index contributed by atoms with van der Waals surface area (Å²) in [5, 5.41) is 11.7. The van der Waals surface area contributed by atoms with Crippen molar-refractivity contribution in [2.24, 2.45) is 11.1 Å². The van der Waals surface area contributed by atoms with Crippen LogP contribution in [-0.4, -0.2) is 11.4 Å². The molecule has 96 valence electrons. The summed E-state index contributed by atoms with van der Waals surface area (Å²) in [5.41, 5.74) is 5.58. The zero-order chi connectivity index (χ0) is 14.0. The van der Waals surface area contributed by atoms with E-state index >= 15 is 0 Å². The van der Waals surface area contributed by atoms with E-state index in [0.717, 1.165) is 0 Å². The van der Waals surface area contributed by atoms with Crippen LogP contribution in [0.5, 0.6) is 0 Å². The lowest BCUT2D eigenvalue weighted by Crippen LogP contribution is -2.53. The molecule has 0 saturated carbocycles. The van der Waals surface area contributed by atoms with E-state index in [-0.39, 0.29) is 5.91 Å². The van der Waals surface area contributed by atoms with Gasteiger partial charge in [-0.2, -0.15) is 5.26 Å². The molecule has 4 nitrogen and oxygen atoms in total. The lowest BCUT2D eigenvalue weighted by Gasteiger charge is -2.36. The number of rotatable bonds is 3. The van der Waals surface area contributed by atoms with Gasteiger partial charge in [0.15, 0.2) is 0 Å². The highest BCUT2D eigenvalue weighted by Gasteiger charge is 2.40. The quantitative estimate of drug-likeness (QED) is 0.857. The van der Waals surface area contributed by atoms with Gasteiger partial charge in [-0.25, -0.2) is 0 Å². The molecule has 0 saturated heterocycles. The number of hydrogen-bond donors (Lipinski definition) is 2. The topological polar surface area (TPSA) is 78.9 Å². The Bertz CT molecular complexity index is 492. The molecule has 18 heavy (non-hydrogen) atoms. The van der Waals surface area contributed by atoms with Gasteiger partial charge in [0.2, 0.25) is 5.91 Å². The maximum absolute atomic E-state index is 12.2. The Hall–Kier alpha value is -1.86. The van der Waals surface area contributed by atoms with Gasteiger partial charge >= 0.3 is 0 Å². The maximum atomic E-state index is 12.2. The molecule has 0 spiro atoms. The van der Waals surface area contributed by atoms with Crippen LogP contribution in [0.3, 0.4) is 0 Å². The van der Waals surface area contributed by atoms with Crippen LogP contribution < -0.4 is 11.1 Å². The SMILES string of the molecule is CC(C)(N)C(C)(C)C(=O)Nc1ccccc1C#N. The highest BCUT2D eigenvalue weighted by Crippen LogP contribution is 2.30. The van der Waals surface area contributed by atoms with E-state index in [0.29, 0.717) is 11.3 Å². The second-order valence-corrected chi connectivity index (χ2v) is 5.46. The molecule has 0 radical (unpaired) electrons. The Balaban J connectivity index is 3.00. The molecule has 4 heteroatoms. The van der Waals surface area contributed by atoms with Gasteiger partial charge < -0.3 is 11.1 Å². The molecule has 0 aliphatic rings. The van der Waals surface area contributed by atoms with Crippen LogP contribution >= 0.6 is 0 Å². The van der Waals surface area contributed by atoms with Crippen LogP contribution in [0.2, 0.25) is 0 Å². The zero-order valence-corrected chi connectivity index (χ0v) is 11.2. The number of benzene rings is 1. The molecule has 0 fully saturated rings. The molecule has 0 unspecified atom stereocenters. The van der Waals surface area contributed by atoms with E-state index in [9.17, 15) is 4.79 Å². The van der Waals surface area contributed by atoms with E-state index in [2.05, 4.69) is 5.32 Å². The van der Waals surface area contributed by atoms with Crippen LogP contribution in [0.1, 0.15) is 33.3 Å². The molecule has 1 aromatic rings. The fourth-order valence-corrected chi connectivity index (χ4v) is 1.26. The number of nitrogens with zero attached hydrogens (tertiary/aromatic N) is 1. The third kappa shape index (κ3) is 2.69. The van der Waals surface area contributed by atoms with Crippen molar-refractivity contribution < 1.29 is 4.79 Å². The van der Waals surface area contributed by atoms with Crippen molar-refractivity contribution in [3.63, 3.8) is 0 Å². The first-order valence-corrected chi connectivity index (χ1v) is 5.79. The van der Waals surface area contributed by atoms with Gasteiger partial charge in [0.05, 0.1) is 16.7 Å². The summed E-state index contributed by atoms with van der Waals surface area (Å²) < 4.78 is 0. The summed E-state index contributed by atoms with van der Waals surface area (Å²) in [7, 11) is 0. The molecule has 1 amide bonds. The van der Waals surface area contributed by atoms with Crippen molar-refractivity contribution in [2.45, 2.75) is 33.2 Å². The molecule has 3 N–H and O–H groups in total.